The van der Waals surface area contributed by atoms with Crippen LogP contribution in [-0.2, 0) is 0 Å². The summed E-state index contributed by atoms with van der Waals surface area (Å²) in [4.78, 5) is 4.97. The molecule has 38 heavy (non-hydrogen) atoms. The lowest BCUT2D eigenvalue weighted by Crippen LogP contribution is -2.43. The van der Waals surface area contributed by atoms with E-state index < -0.39 is 0 Å². The Morgan fingerprint density at radius 2 is 0.895 bits per heavy atom. The van der Waals surface area contributed by atoms with Gasteiger partial charge in [0.25, 0.3) is 0 Å². The van der Waals surface area contributed by atoms with Crippen LogP contribution >= 0.6 is 0 Å². The molecule has 0 saturated heterocycles. The highest BCUT2D eigenvalue weighted by Gasteiger charge is 2.15. The molecule has 0 aromatic rings. The van der Waals surface area contributed by atoms with Gasteiger partial charge in [0, 0.05) is 24.5 Å². The van der Waals surface area contributed by atoms with Gasteiger partial charge in [-0.3, -0.25) is 4.99 Å². The van der Waals surface area contributed by atoms with Gasteiger partial charge in [0.05, 0.1) is 5.84 Å². The van der Waals surface area contributed by atoms with Crippen molar-refractivity contribution in [1.29, 1.82) is 0 Å². The first kappa shape index (κ1) is 37.4. The summed E-state index contributed by atoms with van der Waals surface area (Å²) >= 11 is 0. The van der Waals surface area contributed by atoms with Gasteiger partial charge in [-0.25, -0.2) is 0 Å². The molecule has 0 heterocycles. The summed E-state index contributed by atoms with van der Waals surface area (Å²) in [6.45, 7) is 12.2. The van der Waals surface area contributed by atoms with Gasteiger partial charge in [-0.1, -0.05) is 162 Å². The molecule has 0 saturated carbocycles. The third-order valence-electron chi connectivity index (χ3n) is 7.72. The van der Waals surface area contributed by atoms with E-state index in [9.17, 15) is 0 Å². The Labute approximate surface area is 241 Å². The molecular weight excluding hydrogens is 462 g/mol. The predicted octanol–water partition coefficient (Wildman–Crippen LogP) is 11.3. The van der Waals surface area contributed by atoms with Gasteiger partial charge in [-0.2, -0.15) is 0 Å². The van der Waals surface area contributed by atoms with E-state index in [1.54, 1.807) is 0 Å². The van der Waals surface area contributed by atoms with E-state index in [4.69, 9.17) is 10.7 Å². The summed E-state index contributed by atoms with van der Waals surface area (Å²) in [7, 11) is 0. The average molecular weight is 536 g/mol. The highest BCUT2D eigenvalue weighted by Crippen LogP contribution is 2.15. The fourth-order valence-corrected chi connectivity index (χ4v) is 5.35. The number of hydrogen-bond donors (Lipinski definition) is 2. The first-order valence-corrected chi connectivity index (χ1v) is 17.5. The van der Waals surface area contributed by atoms with Crippen LogP contribution in [0.2, 0.25) is 0 Å². The zero-order valence-electron chi connectivity index (χ0n) is 27.2. The molecule has 0 rings (SSSR count). The van der Waals surface area contributed by atoms with Crippen molar-refractivity contribution in [2.24, 2.45) is 10.7 Å². The Balaban J connectivity index is 3.87. The molecule has 1 atom stereocenters. The second kappa shape index (κ2) is 28.0. The van der Waals surface area contributed by atoms with E-state index in [2.05, 4.69) is 39.9 Å². The lowest BCUT2D eigenvalue weighted by molar-refractivity contribution is 0.490. The van der Waals surface area contributed by atoms with Crippen LogP contribution in [-0.4, -0.2) is 24.0 Å². The van der Waals surface area contributed by atoms with Crippen LogP contribution in [0.1, 0.15) is 202 Å². The molecule has 0 bridgehead atoms. The molecule has 0 aliphatic heterocycles. The van der Waals surface area contributed by atoms with Crippen molar-refractivity contribution in [2.45, 2.75) is 213 Å². The molecule has 3 N–H and O–H groups in total. The van der Waals surface area contributed by atoms with Crippen molar-refractivity contribution in [3.63, 3.8) is 0 Å². The number of aliphatic imine (C=N–C) groups is 1. The fourth-order valence-electron chi connectivity index (χ4n) is 5.35. The molecular formula is C35H73N3. The molecule has 228 valence electrons. The normalized spacial score (nSPS) is 13.3. The van der Waals surface area contributed by atoms with Crippen LogP contribution in [0.5, 0.6) is 0 Å². The van der Waals surface area contributed by atoms with Crippen molar-refractivity contribution in [1.82, 2.24) is 5.32 Å². The molecule has 0 aliphatic carbocycles. The second-order valence-electron chi connectivity index (χ2n) is 13.2. The average Bonchev–Trinajstić information content (AvgIpc) is 2.86. The van der Waals surface area contributed by atoms with Gasteiger partial charge in [-0.05, 0) is 33.6 Å². The SMILES string of the molecule is CCCCCCCCCCCCCCN=C(CC(N)CCCCCCCCCCCCCC)NC(C)(C)C. The van der Waals surface area contributed by atoms with E-state index in [-0.39, 0.29) is 11.6 Å². The maximum Gasteiger partial charge on any atom is 0.0982 e. The van der Waals surface area contributed by atoms with Gasteiger partial charge in [-0.15, -0.1) is 0 Å². The Hall–Kier alpha value is -0.570. The quantitative estimate of drug-likeness (QED) is 0.0594. The monoisotopic (exact) mass is 536 g/mol. The molecule has 3 nitrogen and oxygen atoms in total. The van der Waals surface area contributed by atoms with E-state index in [1.807, 2.05) is 0 Å². The zero-order valence-corrected chi connectivity index (χ0v) is 27.2. The summed E-state index contributed by atoms with van der Waals surface area (Å²) in [6, 6.07) is 0.230. The smallest absolute Gasteiger partial charge is 0.0982 e. The van der Waals surface area contributed by atoms with Crippen molar-refractivity contribution in [2.75, 3.05) is 6.54 Å². The summed E-state index contributed by atoms with van der Waals surface area (Å²) in [5, 5.41) is 3.65. The first-order chi connectivity index (χ1) is 18.4. The van der Waals surface area contributed by atoms with Gasteiger partial charge in [0.2, 0.25) is 0 Å². The van der Waals surface area contributed by atoms with Gasteiger partial charge >= 0.3 is 0 Å². The molecule has 0 aliphatic rings. The molecule has 0 radical (unpaired) electrons. The highest BCUT2D eigenvalue weighted by atomic mass is 15.0. The molecule has 3 heteroatoms. The standard InChI is InChI=1S/C35H73N3/c1-6-8-10-12-14-16-18-20-22-24-26-28-30-33(36)32-34(38-35(3,4)5)37-31-29-27-25-23-21-19-17-15-13-11-9-7-2/h33H,6-32,36H2,1-5H3,(H,37,38). The lowest BCUT2D eigenvalue weighted by atomic mass is 10.0. The molecule has 0 fully saturated rings. The Bertz CT molecular complexity index is 494. The van der Waals surface area contributed by atoms with Crippen LogP contribution in [0.3, 0.4) is 0 Å². The number of nitrogens with zero attached hydrogens (tertiary/aromatic N) is 1. The molecule has 0 spiro atoms. The molecule has 0 amide bonds. The number of unbranched alkanes of at least 4 members (excludes halogenated alkanes) is 22. The minimum absolute atomic E-state index is 0.0467. The predicted molar refractivity (Wildman–Crippen MR) is 175 cm³/mol. The minimum Gasteiger partial charge on any atom is -0.369 e. The first-order valence-electron chi connectivity index (χ1n) is 17.5. The van der Waals surface area contributed by atoms with Gasteiger partial charge in [0.1, 0.15) is 0 Å². The van der Waals surface area contributed by atoms with Crippen LogP contribution in [0.25, 0.3) is 0 Å². The van der Waals surface area contributed by atoms with E-state index in [1.165, 1.54) is 154 Å². The summed E-state index contributed by atoms with van der Waals surface area (Å²) in [6.07, 6.45) is 35.5. The molecule has 0 aromatic carbocycles. The molecule has 0 aromatic heterocycles. The third-order valence-corrected chi connectivity index (χ3v) is 7.72. The van der Waals surface area contributed by atoms with Crippen molar-refractivity contribution < 1.29 is 0 Å². The minimum atomic E-state index is 0.0467. The van der Waals surface area contributed by atoms with Crippen LogP contribution in [0.4, 0.5) is 0 Å². The van der Waals surface area contributed by atoms with Crippen LogP contribution < -0.4 is 11.1 Å². The number of nitrogens with one attached hydrogen (secondary N) is 1. The van der Waals surface area contributed by atoms with Crippen molar-refractivity contribution in [3.05, 3.63) is 0 Å². The van der Waals surface area contributed by atoms with Gasteiger partial charge < -0.3 is 11.1 Å². The summed E-state index contributed by atoms with van der Waals surface area (Å²) < 4.78 is 0. The van der Waals surface area contributed by atoms with Crippen molar-refractivity contribution >= 4 is 5.84 Å². The highest BCUT2D eigenvalue weighted by molar-refractivity contribution is 5.83. The van der Waals surface area contributed by atoms with Gasteiger partial charge in [0.15, 0.2) is 0 Å². The fraction of sp³-hybridized carbons (Fsp3) is 0.971. The van der Waals surface area contributed by atoms with Crippen LogP contribution in [0, 0.1) is 0 Å². The summed E-state index contributed by atoms with van der Waals surface area (Å²) in [5.41, 5.74) is 6.59. The number of amidine groups is 1. The third kappa shape index (κ3) is 30.0. The Morgan fingerprint density at radius 3 is 1.26 bits per heavy atom. The second-order valence-corrected chi connectivity index (χ2v) is 13.2. The zero-order chi connectivity index (χ0) is 28.2. The largest absolute Gasteiger partial charge is 0.369 e. The topological polar surface area (TPSA) is 50.4 Å². The number of nitrogens with two attached hydrogens (primary N) is 1. The van der Waals surface area contributed by atoms with E-state index >= 15 is 0 Å². The molecule has 1 unspecified atom stereocenters. The lowest BCUT2D eigenvalue weighted by Gasteiger charge is -2.25. The summed E-state index contributed by atoms with van der Waals surface area (Å²) in [5.74, 6) is 1.13. The van der Waals surface area contributed by atoms with Crippen LogP contribution in [0.15, 0.2) is 4.99 Å². The van der Waals surface area contributed by atoms with E-state index in [0.717, 1.165) is 25.2 Å². The number of rotatable bonds is 28. The maximum atomic E-state index is 6.55. The Kier molecular flexibility index (Phi) is 27.6. The Morgan fingerprint density at radius 1 is 0.553 bits per heavy atom. The van der Waals surface area contributed by atoms with E-state index in [0.29, 0.717) is 0 Å². The van der Waals surface area contributed by atoms with Crippen molar-refractivity contribution in [3.8, 4) is 0 Å². The number of hydrogen-bond acceptors (Lipinski definition) is 2. The maximum absolute atomic E-state index is 6.55.